The zero-order valence-corrected chi connectivity index (χ0v) is 13.1. The van der Waals surface area contributed by atoms with Gasteiger partial charge in [0.2, 0.25) is 0 Å². The van der Waals surface area contributed by atoms with E-state index >= 15 is 0 Å². The molecule has 2 aliphatic rings. The number of fused-ring (bicyclic) bond motifs is 2. The predicted molar refractivity (Wildman–Crippen MR) is 85.5 cm³/mol. The summed E-state index contributed by atoms with van der Waals surface area (Å²) in [6, 6.07) is 6.62. The minimum Gasteiger partial charge on any atom is -0.397 e. The second kappa shape index (κ2) is 5.85. The molecule has 0 radical (unpaired) electrons. The number of para-hydroxylation sites is 1. The number of nitrogens with one attached hydrogen (secondary N) is 1. The Bertz CT molecular complexity index is 534. The number of amides is 1. The Morgan fingerprint density at radius 1 is 1.33 bits per heavy atom. The molecule has 4 nitrogen and oxygen atoms in total. The number of carbonyl (C=O) groups excluding carboxylic acids is 1. The van der Waals surface area contributed by atoms with E-state index in [2.05, 4.69) is 17.3 Å². The summed E-state index contributed by atoms with van der Waals surface area (Å²) in [5.74, 6) is -0.109. The quantitative estimate of drug-likeness (QED) is 0.826. The van der Waals surface area contributed by atoms with E-state index in [-0.39, 0.29) is 11.9 Å². The third kappa shape index (κ3) is 2.87. The van der Waals surface area contributed by atoms with E-state index in [9.17, 15) is 4.79 Å². The highest BCUT2D eigenvalue weighted by Gasteiger charge is 2.36. The van der Waals surface area contributed by atoms with Crippen molar-refractivity contribution in [2.24, 2.45) is 0 Å². The molecular weight excluding hydrogens is 286 g/mol. The van der Waals surface area contributed by atoms with Crippen molar-refractivity contribution >= 4 is 23.2 Å². The molecule has 2 heterocycles. The SMILES string of the molecule is CN1C2CCCC1CC(NC(=O)c1cccc(Cl)c1N)C2. The lowest BCUT2D eigenvalue weighted by atomic mass is 9.82. The van der Waals surface area contributed by atoms with Gasteiger partial charge in [-0.25, -0.2) is 0 Å². The fourth-order valence-electron chi connectivity index (χ4n) is 3.73. The van der Waals surface area contributed by atoms with Gasteiger partial charge in [0.25, 0.3) is 5.91 Å². The highest BCUT2D eigenvalue weighted by molar-refractivity contribution is 6.33. The van der Waals surface area contributed by atoms with E-state index in [0.717, 1.165) is 12.8 Å². The van der Waals surface area contributed by atoms with Crippen molar-refractivity contribution < 1.29 is 4.79 Å². The zero-order chi connectivity index (χ0) is 15.0. The van der Waals surface area contributed by atoms with Crippen LogP contribution in [-0.4, -0.2) is 36.0 Å². The predicted octanol–water partition coefficient (Wildman–Crippen LogP) is 2.67. The first-order chi connectivity index (χ1) is 10.1. The molecule has 0 aromatic heterocycles. The molecule has 1 aromatic carbocycles. The Morgan fingerprint density at radius 2 is 2.00 bits per heavy atom. The maximum atomic E-state index is 12.4. The zero-order valence-electron chi connectivity index (χ0n) is 12.3. The van der Waals surface area contributed by atoms with Crippen LogP contribution in [0.2, 0.25) is 5.02 Å². The normalized spacial score (nSPS) is 29.1. The van der Waals surface area contributed by atoms with Crippen LogP contribution in [0.25, 0.3) is 0 Å². The number of rotatable bonds is 2. The Kier molecular flexibility index (Phi) is 4.09. The van der Waals surface area contributed by atoms with Gasteiger partial charge in [-0.15, -0.1) is 0 Å². The molecule has 21 heavy (non-hydrogen) atoms. The van der Waals surface area contributed by atoms with Crippen LogP contribution >= 0.6 is 11.6 Å². The Hall–Kier alpha value is -1.26. The van der Waals surface area contributed by atoms with Crippen LogP contribution in [-0.2, 0) is 0 Å². The number of hydrogen-bond acceptors (Lipinski definition) is 3. The maximum absolute atomic E-state index is 12.4. The number of anilines is 1. The van der Waals surface area contributed by atoms with Gasteiger partial charge in [0.15, 0.2) is 0 Å². The summed E-state index contributed by atoms with van der Waals surface area (Å²) in [6.45, 7) is 0. The lowest BCUT2D eigenvalue weighted by Gasteiger charge is -2.47. The molecule has 2 atom stereocenters. The number of carbonyl (C=O) groups is 1. The van der Waals surface area contributed by atoms with Gasteiger partial charge in [-0.1, -0.05) is 24.1 Å². The van der Waals surface area contributed by atoms with Gasteiger partial charge in [0, 0.05) is 18.1 Å². The lowest BCUT2D eigenvalue weighted by molar-refractivity contribution is 0.0463. The second-order valence-corrected chi connectivity index (χ2v) is 6.65. The van der Waals surface area contributed by atoms with Gasteiger partial charge in [0.05, 0.1) is 16.3 Å². The first-order valence-corrected chi connectivity index (χ1v) is 8.01. The van der Waals surface area contributed by atoms with Crippen LogP contribution in [0.15, 0.2) is 18.2 Å². The van der Waals surface area contributed by atoms with E-state index in [1.807, 2.05) is 0 Å². The molecule has 5 heteroatoms. The van der Waals surface area contributed by atoms with Crippen LogP contribution < -0.4 is 11.1 Å². The van der Waals surface area contributed by atoms with E-state index in [1.54, 1.807) is 18.2 Å². The van der Waals surface area contributed by atoms with Crippen LogP contribution in [0.3, 0.4) is 0 Å². The summed E-state index contributed by atoms with van der Waals surface area (Å²) >= 11 is 5.99. The van der Waals surface area contributed by atoms with Crippen molar-refractivity contribution in [3.8, 4) is 0 Å². The van der Waals surface area contributed by atoms with Crippen LogP contribution in [0.4, 0.5) is 5.69 Å². The second-order valence-electron chi connectivity index (χ2n) is 6.25. The van der Waals surface area contributed by atoms with E-state index in [1.165, 1.54) is 19.3 Å². The Balaban J connectivity index is 1.69. The van der Waals surface area contributed by atoms with E-state index < -0.39 is 0 Å². The van der Waals surface area contributed by atoms with E-state index in [0.29, 0.717) is 28.4 Å². The standard InChI is InChI=1S/C16H22ClN3O/c1-20-11-4-2-5-12(20)9-10(8-11)19-16(21)13-6-3-7-14(17)15(13)18/h3,6-7,10-12H,2,4-5,8-9,18H2,1H3,(H,19,21). The Labute approximate surface area is 130 Å². The van der Waals surface area contributed by atoms with Crippen LogP contribution in [0.1, 0.15) is 42.5 Å². The third-order valence-electron chi connectivity index (χ3n) is 4.97. The molecular formula is C16H22ClN3O. The molecule has 3 rings (SSSR count). The minimum absolute atomic E-state index is 0.109. The van der Waals surface area contributed by atoms with Crippen molar-refractivity contribution in [1.82, 2.24) is 10.2 Å². The van der Waals surface area contributed by atoms with E-state index in [4.69, 9.17) is 17.3 Å². The van der Waals surface area contributed by atoms with Crippen LogP contribution in [0.5, 0.6) is 0 Å². The molecule has 1 aromatic rings. The summed E-state index contributed by atoms with van der Waals surface area (Å²) < 4.78 is 0. The summed E-state index contributed by atoms with van der Waals surface area (Å²) in [5, 5.41) is 3.58. The van der Waals surface area contributed by atoms with Gasteiger partial charge in [-0.2, -0.15) is 0 Å². The molecule has 114 valence electrons. The van der Waals surface area contributed by atoms with Gasteiger partial charge in [0.1, 0.15) is 0 Å². The molecule has 3 N–H and O–H groups in total. The maximum Gasteiger partial charge on any atom is 0.253 e. The molecule has 2 bridgehead atoms. The highest BCUT2D eigenvalue weighted by Crippen LogP contribution is 2.33. The number of nitrogens with zero attached hydrogens (tertiary/aromatic N) is 1. The topological polar surface area (TPSA) is 58.4 Å². The lowest BCUT2D eigenvalue weighted by Crippen LogP contribution is -2.55. The molecule has 2 saturated heterocycles. The number of hydrogen-bond donors (Lipinski definition) is 2. The largest absolute Gasteiger partial charge is 0.397 e. The van der Waals surface area contributed by atoms with Crippen LogP contribution in [0, 0.1) is 0 Å². The molecule has 2 aliphatic heterocycles. The van der Waals surface area contributed by atoms with Gasteiger partial charge in [-0.3, -0.25) is 4.79 Å². The minimum atomic E-state index is -0.109. The summed E-state index contributed by atoms with van der Waals surface area (Å²) in [5.41, 5.74) is 6.75. The first kappa shape index (κ1) is 14.7. The van der Waals surface area contributed by atoms with Crippen molar-refractivity contribution in [3.05, 3.63) is 28.8 Å². The number of halogens is 1. The van der Waals surface area contributed by atoms with Crippen molar-refractivity contribution in [3.63, 3.8) is 0 Å². The monoisotopic (exact) mass is 307 g/mol. The molecule has 0 saturated carbocycles. The number of benzene rings is 1. The smallest absolute Gasteiger partial charge is 0.253 e. The van der Waals surface area contributed by atoms with Gasteiger partial charge < -0.3 is 16.0 Å². The average molecular weight is 308 g/mol. The molecule has 1 amide bonds. The fourth-order valence-corrected chi connectivity index (χ4v) is 3.91. The molecule has 0 spiro atoms. The summed E-state index contributed by atoms with van der Waals surface area (Å²) in [7, 11) is 2.21. The van der Waals surface area contributed by atoms with Crippen molar-refractivity contribution in [2.45, 2.75) is 50.2 Å². The third-order valence-corrected chi connectivity index (χ3v) is 5.30. The van der Waals surface area contributed by atoms with Gasteiger partial charge >= 0.3 is 0 Å². The number of piperidine rings is 2. The number of nitrogens with two attached hydrogens (primary N) is 1. The molecule has 2 fully saturated rings. The molecule has 0 aliphatic carbocycles. The van der Waals surface area contributed by atoms with Crippen molar-refractivity contribution in [1.29, 1.82) is 0 Å². The van der Waals surface area contributed by atoms with Crippen molar-refractivity contribution in [2.75, 3.05) is 12.8 Å². The highest BCUT2D eigenvalue weighted by atomic mass is 35.5. The molecule has 2 unspecified atom stereocenters. The average Bonchev–Trinajstić information content (AvgIpc) is 2.43. The summed E-state index contributed by atoms with van der Waals surface area (Å²) in [4.78, 5) is 14.9. The fraction of sp³-hybridized carbons (Fsp3) is 0.562. The number of nitrogen functional groups attached to an aromatic ring is 1. The Morgan fingerprint density at radius 3 is 2.67 bits per heavy atom. The summed E-state index contributed by atoms with van der Waals surface area (Å²) in [6.07, 6.45) is 5.83. The first-order valence-electron chi connectivity index (χ1n) is 7.63. The van der Waals surface area contributed by atoms with Gasteiger partial charge in [-0.05, 0) is 44.9 Å².